The topological polar surface area (TPSA) is 67.6 Å². The maximum absolute atomic E-state index is 11.9. The van der Waals surface area contributed by atoms with Crippen molar-refractivity contribution in [3.8, 4) is 5.75 Å². The van der Waals surface area contributed by atoms with Gasteiger partial charge in [-0.2, -0.15) is 0 Å². The zero-order valence-corrected chi connectivity index (χ0v) is 9.49. The summed E-state index contributed by atoms with van der Waals surface area (Å²) in [5, 5.41) is 0. The average molecular weight is 263 g/mol. The molecule has 1 aromatic carbocycles. The minimum Gasteiger partial charge on any atom is -0.406 e. The van der Waals surface area contributed by atoms with Crippen molar-refractivity contribution in [1.82, 2.24) is 5.43 Å². The Labute approximate surface area is 101 Å². The second-order valence-electron chi connectivity index (χ2n) is 3.24. The van der Waals surface area contributed by atoms with Gasteiger partial charge in [0.2, 0.25) is 0 Å². The number of anilines is 1. The molecule has 8 heteroatoms. The predicted octanol–water partition coefficient (Wildman–Crippen LogP) is 1.99. The molecular formula is C10H12F3N3O2. The van der Waals surface area contributed by atoms with Crippen LogP contribution < -0.4 is 20.9 Å². The molecule has 0 atom stereocenters. The minimum atomic E-state index is -4.74. The van der Waals surface area contributed by atoms with Crippen LogP contribution in [0.5, 0.6) is 5.75 Å². The Morgan fingerprint density at radius 3 is 2.33 bits per heavy atom. The van der Waals surface area contributed by atoms with Crippen LogP contribution in [0.1, 0.15) is 6.92 Å². The molecule has 0 aliphatic heterocycles. The van der Waals surface area contributed by atoms with E-state index < -0.39 is 12.4 Å². The standard InChI is InChI=1S/C10H12F3N3O2/c1-2-16(9(17)15-14)7-3-5-8(6-4-7)18-10(11,12)13/h3-6H,2,14H2,1H3,(H,15,17). The SMILES string of the molecule is CCN(C(=O)NN)c1ccc(OC(F)(F)F)cc1. The molecule has 100 valence electrons. The highest BCUT2D eigenvalue weighted by Crippen LogP contribution is 2.25. The Balaban J connectivity index is 2.84. The molecule has 0 aromatic heterocycles. The molecule has 1 rings (SSSR count). The maximum Gasteiger partial charge on any atom is 0.573 e. The first-order valence-electron chi connectivity index (χ1n) is 5.01. The maximum atomic E-state index is 11.9. The molecule has 2 amide bonds. The summed E-state index contributed by atoms with van der Waals surface area (Å²) in [6.45, 7) is 2.03. The number of carbonyl (C=O) groups excluding carboxylic acids is 1. The van der Waals surface area contributed by atoms with Gasteiger partial charge in [0.25, 0.3) is 0 Å². The van der Waals surface area contributed by atoms with E-state index in [1.807, 2.05) is 5.43 Å². The van der Waals surface area contributed by atoms with Gasteiger partial charge in [0.05, 0.1) is 0 Å². The van der Waals surface area contributed by atoms with E-state index >= 15 is 0 Å². The second-order valence-corrected chi connectivity index (χ2v) is 3.24. The van der Waals surface area contributed by atoms with Crippen LogP contribution in [0.25, 0.3) is 0 Å². The van der Waals surface area contributed by atoms with Crippen molar-refractivity contribution in [3.63, 3.8) is 0 Å². The fourth-order valence-electron chi connectivity index (χ4n) is 1.35. The largest absolute Gasteiger partial charge is 0.573 e. The number of hydrazine groups is 1. The molecular weight excluding hydrogens is 251 g/mol. The van der Waals surface area contributed by atoms with Crippen molar-refractivity contribution in [2.24, 2.45) is 5.84 Å². The number of hydrogen-bond acceptors (Lipinski definition) is 3. The highest BCUT2D eigenvalue weighted by molar-refractivity contribution is 5.91. The molecule has 0 saturated carbocycles. The third kappa shape index (κ3) is 3.81. The van der Waals surface area contributed by atoms with Crippen LogP contribution in [0.4, 0.5) is 23.7 Å². The molecule has 18 heavy (non-hydrogen) atoms. The quantitative estimate of drug-likeness (QED) is 0.498. The summed E-state index contributed by atoms with van der Waals surface area (Å²) >= 11 is 0. The van der Waals surface area contributed by atoms with Gasteiger partial charge in [-0.05, 0) is 31.2 Å². The van der Waals surface area contributed by atoms with E-state index in [4.69, 9.17) is 5.84 Å². The number of urea groups is 1. The Morgan fingerprint density at radius 1 is 1.39 bits per heavy atom. The third-order valence-electron chi connectivity index (χ3n) is 2.07. The lowest BCUT2D eigenvalue weighted by Crippen LogP contribution is -2.43. The van der Waals surface area contributed by atoms with Gasteiger partial charge >= 0.3 is 12.4 Å². The van der Waals surface area contributed by atoms with Crippen LogP contribution in [-0.2, 0) is 0 Å². The number of rotatable bonds is 3. The van der Waals surface area contributed by atoms with E-state index in [2.05, 4.69) is 4.74 Å². The Kier molecular flexibility index (Phi) is 4.38. The number of halogens is 3. The van der Waals surface area contributed by atoms with E-state index in [1.165, 1.54) is 17.0 Å². The van der Waals surface area contributed by atoms with Crippen LogP contribution in [0, 0.1) is 0 Å². The molecule has 0 unspecified atom stereocenters. The van der Waals surface area contributed by atoms with Crippen LogP contribution in [0.2, 0.25) is 0 Å². The molecule has 3 N–H and O–H groups in total. The predicted molar refractivity (Wildman–Crippen MR) is 58.9 cm³/mol. The normalized spacial score (nSPS) is 10.9. The zero-order chi connectivity index (χ0) is 13.8. The van der Waals surface area contributed by atoms with Crippen LogP contribution in [0.15, 0.2) is 24.3 Å². The number of amides is 2. The van der Waals surface area contributed by atoms with Crippen LogP contribution in [-0.4, -0.2) is 18.9 Å². The van der Waals surface area contributed by atoms with Crippen molar-refractivity contribution in [3.05, 3.63) is 24.3 Å². The molecule has 5 nitrogen and oxygen atoms in total. The Hall–Kier alpha value is -1.96. The van der Waals surface area contributed by atoms with Crippen LogP contribution >= 0.6 is 0 Å². The van der Waals surface area contributed by atoms with Crippen molar-refractivity contribution >= 4 is 11.7 Å². The van der Waals surface area contributed by atoms with Gasteiger partial charge < -0.3 is 4.74 Å². The number of carbonyl (C=O) groups is 1. The molecule has 0 spiro atoms. The number of nitrogens with one attached hydrogen (secondary N) is 1. The second kappa shape index (κ2) is 5.58. The summed E-state index contributed by atoms with van der Waals surface area (Å²) in [4.78, 5) is 12.6. The number of ether oxygens (including phenoxy) is 1. The monoisotopic (exact) mass is 263 g/mol. The van der Waals surface area contributed by atoms with Gasteiger partial charge in [-0.3, -0.25) is 10.3 Å². The lowest BCUT2D eigenvalue weighted by Gasteiger charge is -2.20. The molecule has 0 bridgehead atoms. The molecule has 0 aliphatic carbocycles. The van der Waals surface area contributed by atoms with Gasteiger partial charge in [0, 0.05) is 12.2 Å². The molecule has 1 aromatic rings. The number of benzene rings is 1. The van der Waals surface area contributed by atoms with Crippen molar-refractivity contribution in [2.75, 3.05) is 11.4 Å². The number of alkyl halides is 3. The first-order chi connectivity index (χ1) is 8.37. The van der Waals surface area contributed by atoms with Gasteiger partial charge in [-0.25, -0.2) is 10.6 Å². The first-order valence-corrected chi connectivity index (χ1v) is 5.01. The Morgan fingerprint density at radius 2 is 1.94 bits per heavy atom. The van der Waals surface area contributed by atoms with Gasteiger partial charge in [-0.1, -0.05) is 0 Å². The van der Waals surface area contributed by atoms with Crippen molar-refractivity contribution < 1.29 is 22.7 Å². The molecule has 0 aliphatic rings. The molecule has 0 fully saturated rings. The number of nitrogens with zero attached hydrogens (tertiary/aromatic N) is 1. The highest BCUT2D eigenvalue weighted by Gasteiger charge is 2.31. The van der Waals surface area contributed by atoms with Gasteiger partial charge in [0.1, 0.15) is 5.75 Å². The van der Waals surface area contributed by atoms with Crippen LogP contribution in [0.3, 0.4) is 0 Å². The number of nitrogens with two attached hydrogens (primary N) is 1. The average Bonchev–Trinajstić information content (AvgIpc) is 2.30. The summed E-state index contributed by atoms with van der Waals surface area (Å²) in [5.74, 6) is 4.63. The van der Waals surface area contributed by atoms with E-state index in [-0.39, 0.29) is 5.75 Å². The van der Waals surface area contributed by atoms with Crippen molar-refractivity contribution in [1.29, 1.82) is 0 Å². The summed E-state index contributed by atoms with van der Waals surface area (Å²) in [6, 6.07) is 4.35. The van der Waals surface area contributed by atoms with E-state index in [0.717, 1.165) is 12.1 Å². The zero-order valence-electron chi connectivity index (χ0n) is 9.49. The third-order valence-corrected chi connectivity index (χ3v) is 2.07. The first kappa shape index (κ1) is 14.1. The fraction of sp³-hybridized carbons (Fsp3) is 0.300. The summed E-state index contributed by atoms with van der Waals surface area (Å²) in [5.41, 5.74) is 2.36. The van der Waals surface area contributed by atoms with E-state index in [9.17, 15) is 18.0 Å². The molecule has 0 saturated heterocycles. The highest BCUT2D eigenvalue weighted by atomic mass is 19.4. The fourth-order valence-corrected chi connectivity index (χ4v) is 1.35. The summed E-state index contributed by atoms with van der Waals surface area (Å²) < 4.78 is 39.5. The molecule has 0 heterocycles. The summed E-state index contributed by atoms with van der Waals surface area (Å²) in [7, 11) is 0. The molecule has 0 radical (unpaired) electrons. The lowest BCUT2D eigenvalue weighted by atomic mass is 10.3. The van der Waals surface area contributed by atoms with E-state index in [0.29, 0.717) is 12.2 Å². The Bertz CT molecular complexity index is 406. The van der Waals surface area contributed by atoms with Gasteiger partial charge in [-0.15, -0.1) is 13.2 Å². The smallest absolute Gasteiger partial charge is 0.406 e. The van der Waals surface area contributed by atoms with E-state index in [1.54, 1.807) is 6.92 Å². The minimum absolute atomic E-state index is 0.322. The number of hydrogen-bond donors (Lipinski definition) is 2. The lowest BCUT2D eigenvalue weighted by molar-refractivity contribution is -0.274. The van der Waals surface area contributed by atoms with Crippen molar-refractivity contribution in [2.45, 2.75) is 13.3 Å². The summed E-state index contributed by atoms with van der Waals surface area (Å²) in [6.07, 6.45) is -4.74. The van der Waals surface area contributed by atoms with Gasteiger partial charge in [0.15, 0.2) is 0 Å².